The van der Waals surface area contributed by atoms with Crippen LogP contribution in [-0.2, 0) is 19.5 Å². The van der Waals surface area contributed by atoms with Crippen molar-refractivity contribution in [2.24, 2.45) is 0 Å². The second-order valence-electron chi connectivity index (χ2n) is 6.30. The van der Waals surface area contributed by atoms with E-state index in [0.29, 0.717) is 5.92 Å². The molecule has 0 radical (unpaired) electrons. The lowest BCUT2D eigenvalue weighted by molar-refractivity contribution is 0.213. The Labute approximate surface area is 124 Å². The molecule has 2 aliphatic rings. The van der Waals surface area contributed by atoms with E-state index in [-0.39, 0.29) is 0 Å². The molecule has 1 saturated carbocycles. The van der Waals surface area contributed by atoms with Crippen molar-refractivity contribution in [1.29, 1.82) is 0 Å². The molecule has 0 N–H and O–H groups in total. The molecule has 0 saturated heterocycles. The fourth-order valence-corrected chi connectivity index (χ4v) is 3.55. The van der Waals surface area contributed by atoms with Crippen LogP contribution in [0.25, 0.3) is 0 Å². The fraction of sp³-hybridized carbons (Fsp3) is 0.625. The zero-order valence-electron chi connectivity index (χ0n) is 12.3. The first-order chi connectivity index (χ1) is 10.4. The Morgan fingerprint density at radius 2 is 2.10 bits per heavy atom. The molecule has 0 bridgehead atoms. The maximum absolute atomic E-state index is 5.56. The van der Waals surface area contributed by atoms with Crippen LogP contribution < -0.4 is 0 Å². The van der Waals surface area contributed by atoms with E-state index in [1.165, 1.54) is 37.7 Å². The van der Waals surface area contributed by atoms with Crippen molar-refractivity contribution in [1.82, 2.24) is 15.2 Å². The van der Waals surface area contributed by atoms with Crippen molar-refractivity contribution in [3.8, 4) is 0 Å². The van der Waals surface area contributed by atoms with E-state index >= 15 is 0 Å². The highest BCUT2D eigenvalue weighted by atomic mass is 16.5. The third-order valence-electron chi connectivity index (χ3n) is 4.77. The highest BCUT2D eigenvalue weighted by Crippen LogP contribution is 2.32. The van der Waals surface area contributed by atoms with E-state index in [4.69, 9.17) is 9.05 Å². The Hall–Kier alpha value is -1.62. The summed E-state index contributed by atoms with van der Waals surface area (Å²) >= 11 is 0. The van der Waals surface area contributed by atoms with Crippen LogP contribution in [-0.4, -0.2) is 21.8 Å². The van der Waals surface area contributed by atoms with Gasteiger partial charge in [0, 0.05) is 37.1 Å². The zero-order chi connectivity index (χ0) is 14.1. The van der Waals surface area contributed by atoms with E-state index in [1.807, 2.05) is 0 Å². The summed E-state index contributed by atoms with van der Waals surface area (Å²) < 4.78 is 10.6. The minimum atomic E-state index is 0.613. The van der Waals surface area contributed by atoms with Crippen LogP contribution in [0.15, 0.2) is 21.4 Å². The lowest BCUT2D eigenvalue weighted by Gasteiger charge is -2.24. The first kappa shape index (κ1) is 13.1. The molecule has 1 aliphatic carbocycles. The summed E-state index contributed by atoms with van der Waals surface area (Å²) in [6.07, 6.45) is 9.27. The molecule has 5 nitrogen and oxygen atoms in total. The monoisotopic (exact) mass is 287 g/mol. The molecule has 112 valence electrons. The molecule has 2 aromatic heterocycles. The van der Waals surface area contributed by atoms with Crippen molar-refractivity contribution < 1.29 is 9.05 Å². The van der Waals surface area contributed by atoms with Gasteiger partial charge in [0.05, 0.1) is 17.9 Å². The Balaban J connectivity index is 1.40. The van der Waals surface area contributed by atoms with E-state index in [1.54, 1.807) is 6.26 Å². The summed E-state index contributed by atoms with van der Waals surface area (Å²) in [6.45, 7) is 2.71. The average Bonchev–Trinajstić information content (AvgIpc) is 3.17. The van der Waals surface area contributed by atoms with Gasteiger partial charge in [-0.15, -0.1) is 0 Å². The Morgan fingerprint density at radius 1 is 1.19 bits per heavy atom. The van der Waals surface area contributed by atoms with Gasteiger partial charge in [0.1, 0.15) is 6.26 Å². The molecule has 0 unspecified atom stereocenters. The molecule has 0 amide bonds. The number of fused-ring (bicyclic) bond motifs is 1. The largest absolute Gasteiger partial charge is 0.364 e. The summed E-state index contributed by atoms with van der Waals surface area (Å²) in [7, 11) is 0. The molecule has 3 heterocycles. The number of rotatable bonds is 3. The van der Waals surface area contributed by atoms with E-state index in [0.717, 1.165) is 43.2 Å². The van der Waals surface area contributed by atoms with Gasteiger partial charge in [-0.25, -0.2) is 0 Å². The minimum Gasteiger partial charge on any atom is -0.364 e. The smallest absolute Gasteiger partial charge is 0.150 e. The van der Waals surface area contributed by atoms with Crippen molar-refractivity contribution in [2.75, 3.05) is 6.54 Å². The maximum Gasteiger partial charge on any atom is 0.150 e. The van der Waals surface area contributed by atoms with Gasteiger partial charge in [-0.3, -0.25) is 4.90 Å². The molecule has 5 heteroatoms. The molecule has 0 atom stereocenters. The summed E-state index contributed by atoms with van der Waals surface area (Å²) in [4.78, 5) is 2.37. The van der Waals surface area contributed by atoms with Crippen LogP contribution in [0.1, 0.15) is 60.7 Å². The van der Waals surface area contributed by atoms with Gasteiger partial charge in [0.15, 0.2) is 5.76 Å². The average molecular weight is 287 g/mol. The normalized spacial score (nSPS) is 20.6. The Morgan fingerprint density at radius 3 is 3.00 bits per heavy atom. The van der Waals surface area contributed by atoms with Gasteiger partial charge in [0.2, 0.25) is 0 Å². The molecule has 1 aliphatic heterocycles. The second kappa shape index (κ2) is 5.64. The van der Waals surface area contributed by atoms with Crippen LogP contribution in [0.3, 0.4) is 0 Å². The maximum atomic E-state index is 5.56. The van der Waals surface area contributed by atoms with Gasteiger partial charge < -0.3 is 9.05 Å². The first-order valence-corrected chi connectivity index (χ1v) is 7.98. The predicted molar refractivity (Wildman–Crippen MR) is 76.7 cm³/mol. The highest BCUT2D eigenvalue weighted by Gasteiger charge is 2.23. The zero-order valence-corrected chi connectivity index (χ0v) is 12.3. The summed E-state index contributed by atoms with van der Waals surface area (Å²) in [5.41, 5.74) is 3.47. The highest BCUT2D eigenvalue weighted by molar-refractivity contribution is 5.18. The molecule has 0 aromatic carbocycles. The van der Waals surface area contributed by atoms with Crippen LogP contribution in [0.2, 0.25) is 0 Å². The van der Waals surface area contributed by atoms with E-state index in [9.17, 15) is 0 Å². The summed E-state index contributed by atoms with van der Waals surface area (Å²) in [6, 6.07) is 2.17. The van der Waals surface area contributed by atoms with Gasteiger partial charge in [-0.2, -0.15) is 0 Å². The predicted octanol–water partition coefficient (Wildman–Crippen LogP) is 3.27. The molecule has 21 heavy (non-hydrogen) atoms. The quantitative estimate of drug-likeness (QED) is 0.867. The van der Waals surface area contributed by atoms with Crippen LogP contribution in [0.4, 0.5) is 0 Å². The minimum absolute atomic E-state index is 0.613. The van der Waals surface area contributed by atoms with Crippen molar-refractivity contribution in [3.05, 3.63) is 35.0 Å². The van der Waals surface area contributed by atoms with Crippen molar-refractivity contribution in [3.63, 3.8) is 0 Å². The van der Waals surface area contributed by atoms with Crippen LogP contribution in [0, 0.1) is 0 Å². The van der Waals surface area contributed by atoms with Gasteiger partial charge in [-0.1, -0.05) is 29.6 Å². The molecule has 4 rings (SSSR count). The van der Waals surface area contributed by atoms with Gasteiger partial charge in [-0.05, 0) is 12.8 Å². The molecular weight excluding hydrogens is 266 g/mol. The number of hydrogen-bond donors (Lipinski definition) is 0. The van der Waals surface area contributed by atoms with Crippen LogP contribution in [0.5, 0.6) is 0 Å². The molecule has 2 aromatic rings. The molecule has 1 fully saturated rings. The summed E-state index contributed by atoms with van der Waals surface area (Å²) in [5, 5.41) is 8.33. The third kappa shape index (κ3) is 2.75. The van der Waals surface area contributed by atoms with Crippen molar-refractivity contribution >= 4 is 0 Å². The fourth-order valence-electron chi connectivity index (χ4n) is 3.55. The Kier molecular flexibility index (Phi) is 3.51. The van der Waals surface area contributed by atoms with Crippen molar-refractivity contribution in [2.45, 2.75) is 57.5 Å². The first-order valence-electron chi connectivity index (χ1n) is 7.98. The van der Waals surface area contributed by atoms with Gasteiger partial charge >= 0.3 is 0 Å². The third-order valence-corrected chi connectivity index (χ3v) is 4.77. The standard InChI is InChI=1S/C16H21N3O2/c1-2-4-12(5-3-1)16-8-14(21-18-16)10-19-7-6-15-13(9-19)11-20-17-15/h8,11-12H,1-7,9-10H2. The SMILES string of the molecule is c1c(C2CCCCC2)noc1CN1CCc2nocc2C1. The molecule has 0 spiro atoms. The van der Waals surface area contributed by atoms with E-state index in [2.05, 4.69) is 21.3 Å². The number of hydrogen-bond acceptors (Lipinski definition) is 5. The lowest BCUT2D eigenvalue weighted by atomic mass is 9.87. The van der Waals surface area contributed by atoms with Gasteiger partial charge in [0.25, 0.3) is 0 Å². The number of aromatic nitrogens is 2. The Bertz CT molecular complexity index is 598. The topological polar surface area (TPSA) is 55.3 Å². The second-order valence-corrected chi connectivity index (χ2v) is 6.30. The summed E-state index contributed by atoms with van der Waals surface area (Å²) in [5.74, 6) is 1.60. The van der Waals surface area contributed by atoms with Crippen LogP contribution >= 0.6 is 0 Å². The lowest BCUT2D eigenvalue weighted by Crippen LogP contribution is -2.29. The van der Waals surface area contributed by atoms with E-state index < -0.39 is 0 Å². The number of nitrogens with zero attached hydrogens (tertiary/aromatic N) is 3. The molecular formula is C16H21N3O2.